The van der Waals surface area contributed by atoms with Crippen LogP contribution in [0.3, 0.4) is 0 Å². The normalized spacial score (nSPS) is 12.3. The number of benzene rings is 2. The van der Waals surface area contributed by atoms with Crippen molar-refractivity contribution in [2.45, 2.75) is 154 Å². The van der Waals surface area contributed by atoms with E-state index < -0.39 is 39.5 Å². The van der Waals surface area contributed by atoms with Crippen molar-refractivity contribution >= 4 is 129 Å². The molecule has 6 aromatic heterocycles. The Labute approximate surface area is 506 Å². The van der Waals surface area contributed by atoms with E-state index in [1.807, 2.05) is 84.4 Å². The van der Waals surface area contributed by atoms with Crippen LogP contribution in [0, 0.1) is 0 Å². The lowest BCUT2D eigenvalue weighted by molar-refractivity contribution is 0.0528. The molecule has 0 aliphatic carbocycles. The number of carboxylic acid groups (broad SMARTS) is 1. The largest absolute Gasteiger partial charge is 0.465 e. The van der Waals surface area contributed by atoms with Gasteiger partial charge < -0.3 is 49.3 Å². The molecule has 0 atom stereocenters. The van der Waals surface area contributed by atoms with Crippen LogP contribution in [0.5, 0.6) is 0 Å². The molecular formula is C54H78Br2N16O6S2Si2. The third-order valence-corrected chi connectivity index (χ3v) is 18.4. The topological polar surface area (TPSA) is 243 Å². The maximum atomic E-state index is 12.2. The molecule has 0 aliphatic heterocycles. The average Bonchev–Trinajstić information content (AvgIpc) is 3.52. The van der Waals surface area contributed by atoms with Gasteiger partial charge in [-0.15, -0.1) is 0 Å². The number of hydrogen-bond donors (Lipinski definition) is 4. The minimum absolute atomic E-state index is 0.347. The number of ether oxygens (including phenoxy) is 3. The molecule has 0 bridgehead atoms. The molecule has 0 radical (unpaired) electrons. The molecule has 0 saturated carbocycles. The lowest BCUT2D eigenvalue weighted by Crippen LogP contribution is -2.45. The van der Waals surface area contributed by atoms with E-state index in [1.165, 1.54) is 28.4 Å². The van der Waals surface area contributed by atoms with Gasteiger partial charge in [0.2, 0.25) is 11.9 Å². The Morgan fingerprint density at radius 1 is 0.695 bits per heavy atom. The van der Waals surface area contributed by atoms with Gasteiger partial charge in [0.15, 0.2) is 21.6 Å². The maximum Gasteiger partial charge on any atom is 0.407 e. The maximum absolute atomic E-state index is 12.2. The highest BCUT2D eigenvalue weighted by molar-refractivity contribution is 9.11. The second-order valence-corrected chi connectivity index (χ2v) is 38.4. The van der Waals surface area contributed by atoms with Crippen molar-refractivity contribution in [1.82, 2.24) is 68.5 Å². The van der Waals surface area contributed by atoms with Crippen molar-refractivity contribution in [3.8, 4) is 0 Å². The number of nitrogens with one attached hydrogen (secondary N) is 3. The van der Waals surface area contributed by atoms with E-state index >= 15 is 0 Å². The van der Waals surface area contributed by atoms with Crippen LogP contribution in [0.25, 0.3) is 33.4 Å². The van der Waals surface area contributed by atoms with Gasteiger partial charge >= 0.3 is 12.2 Å². The molecule has 4 N–H and O–H groups in total. The van der Waals surface area contributed by atoms with Gasteiger partial charge in [0, 0.05) is 48.0 Å². The number of nitrogens with zero attached hydrogens (tertiary/aromatic N) is 13. The van der Waals surface area contributed by atoms with Crippen LogP contribution in [-0.4, -0.2) is 147 Å². The van der Waals surface area contributed by atoms with E-state index in [1.54, 1.807) is 21.4 Å². The number of alkyl carbamates (subject to hydrolysis) is 1. The van der Waals surface area contributed by atoms with Gasteiger partial charge in [-0.05, 0) is 134 Å². The van der Waals surface area contributed by atoms with E-state index in [4.69, 9.17) is 24.2 Å². The molecule has 8 rings (SSSR count). The monoisotopic (exact) mass is 1320 g/mol. The zero-order valence-corrected chi connectivity index (χ0v) is 56.3. The fourth-order valence-corrected chi connectivity index (χ4v) is 11.5. The first-order chi connectivity index (χ1) is 38.6. The molecule has 0 spiro atoms. The van der Waals surface area contributed by atoms with Crippen molar-refractivity contribution in [2.24, 2.45) is 0 Å². The standard InChI is InChI=1S/2C27H39BrN8O3SSi/c1-27(2,3)35(26(37)38)12-11-18-9-8-10-20-22(18)34(17-39-13-14-41(5,6)7)21(31-20)16-29-24-33-25(40-4)32-23-19(28)15-30-36(23)24;1-27(2,3)39-26(37)29-12-11-18-9-8-10-20-22(18)32-21(35(20)17-38-13-14-41(5,6)7)16-30-24-34-25(40-4)33-23-19(28)15-31-36(23)24/h8-10,15H,11-14,16-17H2,1-7H3,(H,37,38)(H,29,32,33);8-10,15H,11-14,16-17H2,1-7H3,(H,29,37)(H,30,33,34). The average molecular weight is 1330 g/mol. The Balaban J connectivity index is 0.000000236. The third kappa shape index (κ3) is 17.4. The van der Waals surface area contributed by atoms with Crippen LogP contribution >= 0.6 is 55.4 Å². The molecule has 22 nitrogen and oxygen atoms in total. The number of carbonyl (C=O) groups excluding carboxylic acids is 1. The van der Waals surface area contributed by atoms with Crippen LogP contribution in [0.4, 0.5) is 21.5 Å². The van der Waals surface area contributed by atoms with Gasteiger partial charge in [-0.3, -0.25) is 0 Å². The number of amides is 2. The van der Waals surface area contributed by atoms with E-state index in [2.05, 4.69) is 132 Å². The molecule has 0 unspecified atom stereocenters. The Morgan fingerprint density at radius 3 is 1.73 bits per heavy atom. The summed E-state index contributed by atoms with van der Waals surface area (Å²) in [6, 6.07) is 14.3. The van der Waals surface area contributed by atoms with Crippen molar-refractivity contribution in [3.05, 3.63) is 80.5 Å². The number of aromatic nitrogens is 12. The molecule has 6 heterocycles. The van der Waals surface area contributed by atoms with Crippen molar-refractivity contribution in [3.63, 3.8) is 0 Å². The number of rotatable bonds is 24. The molecule has 0 aliphatic rings. The molecular weight excluding hydrogens is 1250 g/mol. The molecule has 2 aromatic carbocycles. The minimum atomic E-state index is -1.26. The van der Waals surface area contributed by atoms with Crippen molar-refractivity contribution < 1.29 is 28.9 Å². The number of thioether (sulfide) groups is 2. The highest BCUT2D eigenvalue weighted by Gasteiger charge is 2.27. The predicted octanol–water partition coefficient (Wildman–Crippen LogP) is 12.2. The van der Waals surface area contributed by atoms with Crippen LogP contribution < -0.4 is 16.0 Å². The number of fused-ring (bicyclic) bond motifs is 4. The van der Waals surface area contributed by atoms with Gasteiger partial charge in [-0.25, -0.2) is 29.5 Å². The number of hydrogen-bond acceptors (Lipinski definition) is 17. The molecule has 82 heavy (non-hydrogen) atoms. The Kier molecular flexibility index (Phi) is 21.6. The van der Waals surface area contributed by atoms with Gasteiger partial charge in [0.05, 0.1) is 56.5 Å². The van der Waals surface area contributed by atoms with Gasteiger partial charge in [0.1, 0.15) is 30.7 Å². The van der Waals surface area contributed by atoms with Crippen LogP contribution in [-0.2, 0) is 53.6 Å². The minimum Gasteiger partial charge on any atom is -0.465 e. The number of imidazole rings is 2. The molecule has 0 saturated heterocycles. The summed E-state index contributed by atoms with van der Waals surface area (Å²) in [5, 5.41) is 29.6. The number of halogens is 2. The van der Waals surface area contributed by atoms with Crippen LogP contribution in [0.1, 0.15) is 64.3 Å². The van der Waals surface area contributed by atoms with E-state index in [9.17, 15) is 14.7 Å². The summed E-state index contributed by atoms with van der Waals surface area (Å²) in [5.41, 5.74) is 6.03. The van der Waals surface area contributed by atoms with Crippen molar-refractivity contribution in [2.75, 3.05) is 49.4 Å². The smallest absolute Gasteiger partial charge is 0.407 e. The predicted molar refractivity (Wildman–Crippen MR) is 339 cm³/mol. The molecule has 444 valence electrons. The Hall–Kier alpha value is -5.37. The fraction of sp³-hybridized carbons (Fsp3) is 0.519. The summed E-state index contributed by atoms with van der Waals surface area (Å²) in [5.74, 6) is 2.73. The second-order valence-electron chi connectivity index (χ2n) is 23.9. The second kappa shape index (κ2) is 27.6. The first kappa shape index (κ1) is 64.2. The number of anilines is 2. The first-order valence-corrected chi connectivity index (χ1v) is 38.5. The zero-order valence-electron chi connectivity index (χ0n) is 49.5. The number of carbonyl (C=O) groups is 2. The van der Waals surface area contributed by atoms with Gasteiger partial charge in [0.25, 0.3) is 0 Å². The molecule has 0 fully saturated rings. The summed E-state index contributed by atoms with van der Waals surface area (Å²) in [6.07, 6.45) is 7.09. The summed E-state index contributed by atoms with van der Waals surface area (Å²) in [4.78, 5) is 54.0. The lowest BCUT2D eigenvalue weighted by atomic mass is 10.0. The van der Waals surface area contributed by atoms with E-state index in [0.29, 0.717) is 99.2 Å². The summed E-state index contributed by atoms with van der Waals surface area (Å²) in [6.45, 7) is 29.0. The van der Waals surface area contributed by atoms with E-state index in [0.717, 1.165) is 65.9 Å². The van der Waals surface area contributed by atoms with Gasteiger partial charge in [-0.2, -0.15) is 29.2 Å². The highest BCUT2D eigenvalue weighted by atomic mass is 79.9. The zero-order chi connectivity index (χ0) is 59.7. The Morgan fingerprint density at radius 2 is 1.22 bits per heavy atom. The molecule has 8 aromatic rings. The molecule has 2 amide bonds. The lowest BCUT2D eigenvalue weighted by Gasteiger charge is -2.33. The van der Waals surface area contributed by atoms with Crippen molar-refractivity contribution in [1.29, 1.82) is 0 Å². The quantitative estimate of drug-likeness (QED) is 0.0250. The number of para-hydroxylation sites is 2. The molecule has 28 heteroatoms. The first-order valence-electron chi connectivity index (χ1n) is 27.1. The van der Waals surface area contributed by atoms with Crippen LogP contribution in [0.15, 0.2) is 68.1 Å². The fourth-order valence-electron chi connectivity index (χ4n) is 8.54. The summed E-state index contributed by atoms with van der Waals surface area (Å²) >= 11 is 9.97. The van der Waals surface area contributed by atoms with Crippen LogP contribution in [0.2, 0.25) is 51.4 Å². The summed E-state index contributed by atoms with van der Waals surface area (Å²) in [7, 11) is -2.48. The third-order valence-electron chi connectivity index (χ3n) is 12.8. The summed E-state index contributed by atoms with van der Waals surface area (Å²) < 4.78 is 26.9. The Bertz CT molecular complexity index is 3500. The van der Waals surface area contributed by atoms with E-state index in [-0.39, 0.29) is 0 Å². The van der Waals surface area contributed by atoms with Gasteiger partial charge in [-0.1, -0.05) is 87.1 Å². The highest BCUT2D eigenvalue weighted by Crippen LogP contribution is 2.28. The SMILES string of the molecule is CSc1nc(NCc2nc3c(CCNC(=O)OC(C)(C)C)cccc3n2COCC[Si](C)(C)C)n2ncc(Br)c2n1.CSc1nc(NCc2nc3cccc(CCN(C(=O)O)C(C)(C)C)c3n2COCC[Si](C)(C)C)n2ncc(Br)c2n1.